The largest absolute Gasteiger partial charge is 0.529 e. The third kappa shape index (κ3) is 3.00. The van der Waals surface area contributed by atoms with Gasteiger partial charge in [0, 0.05) is 23.5 Å². The molecule has 0 heterocycles. The van der Waals surface area contributed by atoms with Crippen molar-refractivity contribution in [3.05, 3.63) is 63.7 Å². The fourth-order valence-electron chi connectivity index (χ4n) is 1.95. The Morgan fingerprint density at radius 1 is 1.00 bits per heavy atom. The quantitative estimate of drug-likeness (QED) is 0.640. The van der Waals surface area contributed by atoms with Crippen LogP contribution in [0.4, 0.5) is 21.9 Å². The summed E-state index contributed by atoms with van der Waals surface area (Å²) in [6.07, 6.45) is -1.40. The fraction of sp³-hybridized carbons (Fsp3) is 0.133. The van der Waals surface area contributed by atoms with E-state index in [2.05, 4.69) is 0 Å². The highest BCUT2D eigenvalue weighted by Gasteiger charge is 2.13. The summed E-state index contributed by atoms with van der Waals surface area (Å²) >= 11 is 0. The molecule has 0 saturated heterocycles. The van der Waals surface area contributed by atoms with Crippen LogP contribution in [0.25, 0.3) is 0 Å². The smallest absolute Gasteiger partial charge is 0.269 e. The van der Waals surface area contributed by atoms with Crippen LogP contribution in [0.5, 0.6) is 0 Å². The predicted molar refractivity (Wildman–Crippen MR) is 76.5 cm³/mol. The normalized spacial score (nSPS) is 10.2. The van der Waals surface area contributed by atoms with E-state index in [0.717, 1.165) is 16.0 Å². The van der Waals surface area contributed by atoms with E-state index in [4.69, 9.17) is 0 Å². The van der Waals surface area contributed by atoms with Gasteiger partial charge in [-0.3, -0.25) is 15.0 Å². The number of nitro benzene ring substituents is 1. The maximum atomic E-state index is 11.4. The van der Waals surface area contributed by atoms with Crippen LogP contribution in [0.3, 0.4) is 0 Å². The van der Waals surface area contributed by atoms with E-state index in [0.29, 0.717) is 11.4 Å². The summed E-state index contributed by atoms with van der Waals surface area (Å²) in [5.74, 6) is 0. The van der Waals surface area contributed by atoms with E-state index in [1.54, 1.807) is 12.1 Å². The summed E-state index contributed by atoms with van der Waals surface area (Å²) < 4.78 is 0. The van der Waals surface area contributed by atoms with Gasteiger partial charge in [0.25, 0.3) is 5.69 Å². The Labute approximate surface area is 121 Å². The lowest BCUT2D eigenvalue weighted by Crippen LogP contribution is -2.38. The average Bonchev–Trinajstić information content (AvgIpc) is 2.43. The zero-order valence-electron chi connectivity index (χ0n) is 11.6. The van der Waals surface area contributed by atoms with Crippen LogP contribution in [-0.4, -0.2) is 11.0 Å². The van der Waals surface area contributed by atoms with Gasteiger partial charge in [-0.1, -0.05) is 6.07 Å². The van der Waals surface area contributed by atoms with Crippen molar-refractivity contribution in [1.29, 1.82) is 0 Å². The van der Waals surface area contributed by atoms with Crippen LogP contribution < -0.4 is 10.0 Å². The van der Waals surface area contributed by atoms with Crippen molar-refractivity contribution in [3.63, 3.8) is 0 Å². The van der Waals surface area contributed by atoms with E-state index in [-0.39, 0.29) is 5.69 Å². The first kappa shape index (κ1) is 14.5. The van der Waals surface area contributed by atoms with Crippen LogP contribution in [0.1, 0.15) is 11.1 Å². The summed E-state index contributed by atoms with van der Waals surface area (Å²) in [6.45, 7) is 3.80. The number of amides is 1. The first-order valence-electron chi connectivity index (χ1n) is 6.23. The Bertz CT molecular complexity index is 695. The number of anilines is 2. The Morgan fingerprint density at radius 2 is 1.57 bits per heavy atom. The Balaban J connectivity index is 2.45. The van der Waals surface area contributed by atoms with Crippen molar-refractivity contribution >= 4 is 23.2 Å². The monoisotopic (exact) mass is 285 g/mol. The molecular formula is C15H13N2O4-. The van der Waals surface area contributed by atoms with Crippen LogP contribution in [0.2, 0.25) is 0 Å². The molecule has 0 aliphatic carbocycles. The number of hydrogen-bond acceptors (Lipinski definition) is 4. The average molecular weight is 285 g/mol. The summed E-state index contributed by atoms with van der Waals surface area (Å²) in [4.78, 5) is 22.5. The highest BCUT2D eigenvalue weighted by molar-refractivity contribution is 5.93. The molecule has 0 N–H and O–H groups in total. The second-order valence-electron chi connectivity index (χ2n) is 4.64. The molecule has 1 amide bonds. The lowest BCUT2D eigenvalue weighted by molar-refractivity contribution is -0.384. The topological polar surface area (TPSA) is 86.5 Å². The Morgan fingerprint density at radius 3 is 2.05 bits per heavy atom. The number of nitrogens with zero attached hydrogens (tertiary/aromatic N) is 2. The van der Waals surface area contributed by atoms with Crippen LogP contribution >= 0.6 is 0 Å². The molecule has 108 valence electrons. The second kappa shape index (κ2) is 5.62. The van der Waals surface area contributed by atoms with E-state index < -0.39 is 11.0 Å². The number of hydrogen-bond donors (Lipinski definition) is 0. The summed E-state index contributed by atoms with van der Waals surface area (Å²) in [7, 11) is 0. The Kier molecular flexibility index (Phi) is 3.89. The number of benzene rings is 2. The SMILES string of the molecule is Cc1ccc(N(C(=O)[O-])c2ccc([N+](=O)[O-])cc2)cc1C. The van der Waals surface area contributed by atoms with Crippen LogP contribution in [0.15, 0.2) is 42.5 Å². The second-order valence-corrected chi connectivity index (χ2v) is 4.64. The molecule has 2 aromatic carbocycles. The minimum Gasteiger partial charge on any atom is -0.529 e. The molecule has 0 fully saturated rings. The third-order valence-corrected chi connectivity index (χ3v) is 3.25. The standard InChI is InChI=1S/C15H14N2O4/c1-10-3-4-14(9-11(10)2)16(15(18)19)12-5-7-13(8-6-12)17(20)21/h3-9H,1-2H3,(H,18,19)/p-1. The highest BCUT2D eigenvalue weighted by Crippen LogP contribution is 2.28. The molecule has 6 heteroatoms. The number of rotatable bonds is 3. The van der Waals surface area contributed by atoms with Gasteiger partial charge in [0.2, 0.25) is 0 Å². The maximum Gasteiger partial charge on any atom is 0.269 e. The summed E-state index contributed by atoms with van der Waals surface area (Å²) in [6, 6.07) is 10.5. The molecule has 0 saturated carbocycles. The molecule has 21 heavy (non-hydrogen) atoms. The molecule has 0 aromatic heterocycles. The number of nitro groups is 1. The van der Waals surface area contributed by atoms with Crippen LogP contribution in [0, 0.1) is 24.0 Å². The number of carbonyl (C=O) groups excluding carboxylic acids is 1. The predicted octanol–water partition coefficient (Wildman–Crippen LogP) is 2.69. The van der Waals surface area contributed by atoms with Crippen molar-refractivity contribution in [1.82, 2.24) is 0 Å². The molecule has 0 aliphatic heterocycles. The highest BCUT2D eigenvalue weighted by atomic mass is 16.6. The number of aryl methyl sites for hydroxylation is 2. The lowest BCUT2D eigenvalue weighted by Gasteiger charge is -2.25. The fourth-order valence-corrected chi connectivity index (χ4v) is 1.95. The van der Waals surface area contributed by atoms with Gasteiger partial charge in [-0.2, -0.15) is 0 Å². The van der Waals surface area contributed by atoms with E-state index in [1.165, 1.54) is 24.3 Å². The van der Waals surface area contributed by atoms with Crippen molar-refractivity contribution in [3.8, 4) is 0 Å². The van der Waals surface area contributed by atoms with Crippen LogP contribution in [-0.2, 0) is 0 Å². The van der Waals surface area contributed by atoms with E-state index >= 15 is 0 Å². The molecule has 0 unspecified atom stereocenters. The van der Waals surface area contributed by atoms with Crippen molar-refractivity contribution < 1.29 is 14.8 Å². The number of non-ortho nitro benzene ring substituents is 1. The minimum atomic E-state index is -1.40. The number of carbonyl (C=O) groups is 1. The molecule has 6 nitrogen and oxygen atoms in total. The zero-order chi connectivity index (χ0) is 15.6. The Hall–Kier alpha value is -2.89. The van der Waals surface area contributed by atoms with Crippen molar-refractivity contribution in [2.24, 2.45) is 0 Å². The zero-order valence-corrected chi connectivity index (χ0v) is 11.6. The molecule has 2 rings (SSSR count). The molecule has 0 atom stereocenters. The van der Waals surface area contributed by atoms with Gasteiger partial charge in [0.1, 0.15) is 6.09 Å². The molecule has 0 spiro atoms. The van der Waals surface area contributed by atoms with E-state index in [9.17, 15) is 20.0 Å². The summed E-state index contributed by atoms with van der Waals surface area (Å²) in [5, 5.41) is 22.0. The van der Waals surface area contributed by atoms with Crippen molar-refractivity contribution in [2.75, 3.05) is 4.90 Å². The first-order valence-corrected chi connectivity index (χ1v) is 6.23. The van der Waals surface area contributed by atoms with E-state index in [1.807, 2.05) is 19.9 Å². The van der Waals surface area contributed by atoms with Gasteiger partial charge in [-0.05, 0) is 49.2 Å². The first-order chi connectivity index (χ1) is 9.90. The van der Waals surface area contributed by atoms with Gasteiger partial charge in [-0.25, -0.2) is 0 Å². The van der Waals surface area contributed by atoms with Gasteiger partial charge in [0.05, 0.1) is 4.92 Å². The molecular weight excluding hydrogens is 272 g/mol. The van der Waals surface area contributed by atoms with Gasteiger partial charge >= 0.3 is 0 Å². The molecule has 0 radical (unpaired) electrons. The molecule has 0 aliphatic rings. The lowest BCUT2D eigenvalue weighted by atomic mass is 10.1. The molecule has 2 aromatic rings. The maximum absolute atomic E-state index is 11.4. The van der Waals surface area contributed by atoms with Crippen molar-refractivity contribution in [2.45, 2.75) is 13.8 Å². The molecule has 0 bridgehead atoms. The number of carboxylic acid groups (broad SMARTS) is 1. The van der Waals surface area contributed by atoms with Gasteiger partial charge < -0.3 is 9.90 Å². The summed E-state index contributed by atoms with van der Waals surface area (Å²) in [5.41, 5.74) is 2.62. The van der Waals surface area contributed by atoms with Gasteiger partial charge in [0.15, 0.2) is 0 Å². The minimum absolute atomic E-state index is 0.0999. The van der Waals surface area contributed by atoms with Gasteiger partial charge in [-0.15, -0.1) is 0 Å². The third-order valence-electron chi connectivity index (χ3n) is 3.25.